The Hall–Kier alpha value is -1.09. The smallest absolute Gasteiger partial charge is 0.123 e. The van der Waals surface area contributed by atoms with Gasteiger partial charge in [0.05, 0.1) is 0 Å². The van der Waals surface area contributed by atoms with Crippen molar-refractivity contribution in [1.29, 1.82) is 0 Å². The van der Waals surface area contributed by atoms with Crippen LogP contribution in [0.15, 0.2) is 24.3 Å². The van der Waals surface area contributed by atoms with Crippen molar-refractivity contribution >= 4 is 0 Å². The zero-order valence-corrected chi connectivity index (χ0v) is 8.71. The molecule has 1 saturated heterocycles. The Labute approximate surface area is 89.4 Å². The van der Waals surface area contributed by atoms with Crippen LogP contribution in [0.2, 0.25) is 0 Å². The highest BCUT2D eigenvalue weighted by atomic mass is 19.1. The fourth-order valence-corrected chi connectivity index (χ4v) is 1.79. The molecule has 1 aliphatic heterocycles. The normalized spacial score (nSPS) is 21.3. The van der Waals surface area contributed by atoms with Crippen molar-refractivity contribution in [2.75, 3.05) is 13.2 Å². The average Bonchev–Trinajstić information content (AvgIpc) is 2.30. The molecule has 0 bridgehead atoms. The van der Waals surface area contributed by atoms with Crippen LogP contribution in [0.1, 0.15) is 19.3 Å². The SMILES string of the molecule is Fc1ccc(OC[C@H]2CCCCN2)cc1. The molecule has 1 atom stereocenters. The Morgan fingerprint density at radius 1 is 1.27 bits per heavy atom. The van der Waals surface area contributed by atoms with E-state index < -0.39 is 0 Å². The van der Waals surface area contributed by atoms with Gasteiger partial charge in [0.25, 0.3) is 0 Å². The van der Waals surface area contributed by atoms with Gasteiger partial charge in [0.15, 0.2) is 0 Å². The van der Waals surface area contributed by atoms with Crippen molar-refractivity contribution in [2.24, 2.45) is 0 Å². The molecule has 1 aliphatic rings. The molecule has 2 nitrogen and oxygen atoms in total. The van der Waals surface area contributed by atoms with Crippen molar-refractivity contribution in [2.45, 2.75) is 25.3 Å². The summed E-state index contributed by atoms with van der Waals surface area (Å²) in [6.45, 7) is 1.75. The van der Waals surface area contributed by atoms with E-state index in [9.17, 15) is 4.39 Å². The Morgan fingerprint density at radius 3 is 2.73 bits per heavy atom. The molecule has 0 aliphatic carbocycles. The summed E-state index contributed by atoms with van der Waals surface area (Å²) in [4.78, 5) is 0. The third-order valence-electron chi connectivity index (χ3n) is 2.68. The first-order valence-electron chi connectivity index (χ1n) is 5.46. The topological polar surface area (TPSA) is 21.3 Å². The standard InChI is InChI=1S/C12H16FNO/c13-10-4-6-12(7-5-10)15-9-11-3-1-2-8-14-11/h4-7,11,14H,1-3,8-9H2/t11-/m1/s1. The van der Waals surface area contributed by atoms with E-state index in [0.717, 1.165) is 12.3 Å². The summed E-state index contributed by atoms with van der Waals surface area (Å²) in [6, 6.07) is 6.62. The Kier molecular flexibility index (Phi) is 3.56. The van der Waals surface area contributed by atoms with Crippen LogP contribution in [0.4, 0.5) is 4.39 Å². The van der Waals surface area contributed by atoms with E-state index in [-0.39, 0.29) is 5.82 Å². The lowest BCUT2D eigenvalue weighted by Gasteiger charge is -2.23. The highest BCUT2D eigenvalue weighted by molar-refractivity contribution is 5.22. The zero-order valence-electron chi connectivity index (χ0n) is 8.71. The first kappa shape index (κ1) is 10.4. The average molecular weight is 209 g/mol. The van der Waals surface area contributed by atoms with Gasteiger partial charge in [-0.05, 0) is 43.7 Å². The highest BCUT2D eigenvalue weighted by Crippen LogP contribution is 2.13. The third kappa shape index (κ3) is 3.20. The van der Waals surface area contributed by atoms with Crippen LogP contribution in [0.25, 0.3) is 0 Å². The number of benzene rings is 1. The Balaban J connectivity index is 1.79. The van der Waals surface area contributed by atoms with Gasteiger partial charge in [-0.3, -0.25) is 0 Å². The lowest BCUT2D eigenvalue weighted by Crippen LogP contribution is -2.38. The predicted octanol–water partition coefficient (Wildman–Crippen LogP) is 2.35. The number of nitrogens with one attached hydrogen (secondary N) is 1. The van der Waals surface area contributed by atoms with Gasteiger partial charge in [-0.1, -0.05) is 6.42 Å². The van der Waals surface area contributed by atoms with Crippen LogP contribution in [-0.2, 0) is 0 Å². The number of halogens is 1. The molecule has 1 fully saturated rings. The minimum Gasteiger partial charge on any atom is -0.492 e. The summed E-state index contributed by atoms with van der Waals surface area (Å²) in [5.41, 5.74) is 0. The molecule has 0 unspecified atom stereocenters. The van der Waals surface area contributed by atoms with Gasteiger partial charge in [-0.25, -0.2) is 4.39 Å². The molecule has 82 valence electrons. The lowest BCUT2D eigenvalue weighted by atomic mass is 10.1. The molecule has 3 heteroatoms. The number of piperidine rings is 1. The summed E-state index contributed by atoms with van der Waals surface area (Å²) >= 11 is 0. The molecule has 1 aromatic rings. The van der Waals surface area contributed by atoms with Gasteiger partial charge in [0.1, 0.15) is 18.2 Å². The summed E-state index contributed by atoms with van der Waals surface area (Å²) in [6.07, 6.45) is 3.69. The van der Waals surface area contributed by atoms with Gasteiger partial charge < -0.3 is 10.1 Å². The van der Waals surface area contributed by atoms with Crippen molar-refractivity contribution in [3.05, 3.63) is 30.1 Å². The van der Waals surface area contributed by atoms with Crippen molar-refractivity contribution < 1.29 is 9.13 Å². The van der Waals surface area contributed by atoms with Crippen molar-refractivity contribution in [1.82, 2.24) is 5.32 Å². The van der Waals surface area contributed by atoms with E-state index in [0.29, 0.717) is 12.6 Å². The van der Waals surface area contributed by atoms with Crippen LogP contribution in [0, 0.1) is 5.82 Å². The van der Waals surface area contributed by atoms with E-state index in [1.54, 1.807) is 12.1 Å². The summed E-state index contributed by atoms with van der Waals surface area (Å²) < 4.78 is 18.2. The predicted molar refractivity (Wildman–Crippen MR) is 57.5 cm³/mol. The second-order valence-electron chi connectivity index (χ2n) is 3.91. The molecular formula is C12H16FNO. The minimum atomic E-state index is -0.224. The van der Waals surface area contributed by atoms with Crippen LogP contribution < -0.4 is 10.1 Å². The fraction of sp³-hybridized carbons (Fsp3) is 0.500. The van der Waals surface area contributed by atoms with Crippen molar-refractivity contribution in [3.63, 3.8) is 0 Å². The second-order valence-corrected chi connectivity index (χ2v) is 3.91. The van der Waals surface area contributed by atoms with E-state index in [4.69, 9.17) is 4.74 Å². The summed E-state index contributed by atoms with van der Waals surface area (Å²) in [5.74, 6) is 0.516. The third-order valence-corrected chi connectivity index (χ3v) is 2.68. The fourth-order valence-electron chi connectivity index (χ4n) is 1.79. The highest BCUT2D eigenvalue weighted by Gasteiger charge is 2.12. The molecule has 0 aromatic heterocycles. The Bertz CT molecular complexity index is 293. The lowest BCUT2D eigenvalue weighted by molar-refractivity contribution is 0.239. The first-order chi connectivity index (χ1) is 7.34. The van der Waals surface area contributed by atoms with Crippen LogP contribution in [0.3, 0.4) is 0 Å². The maximum Gasteiger partial charge on any atom is 0.123 e. The van der Waals surface area contributed by atoms with Gasteiger partial charge in [-0.2, -0.15) is 0 Å². The largest absolute Gasteiger partial charge is 0.492 e. The molecule has 1 N–H and O–H groups in total. The molecule has 0 spiro atoms. The number of ether oxygens (including phenoxy) is 1. The molecule has 15 heavy (non-hydrogen) atoms. The molecule has 1 aromatic carbocycles. The van der Waals surface area contributed by atoms with Gasteiger partial charge >= 0.3 is 0 Å². The molecule has 1 heterocycles. The molecule has 0 radical (unpaired) electrons. The maximum absolute atomic E-state index is 12.6. The molecule has 2 rings (SSSR count). The molecule has 0 amide bonds. The summed E-state index contributed by atoms with van der Waals surface area (Å²) in [5, 5.41) is 3.40. The summed E-state index contributed by atoms with van der Waals surface area (Å²) in [7, 11) is 0. The Morgan fingerprint density at radius 2 is 2.07 bits per heavy atom. The first-order valence-corrected chi connectivity index (χ1v) is 5.46. The van der Waals surface area contributed by atoms with Gasteiger partial charge in [-0.15, -0.1) is 0 Å². The van der Waals surface area contributed by atoms with E-state index in [1.807, 2.05) is 0 Å². The number of rotatable bonds is 3. The molecular weight excluding hydrogens is 193 g/mol. The maximum atomic E-state index is 12.6. The van der Waals surface area contributed by atoms with Crippen LogP contribution >= 0.6 is 0 Å². The second kappa shape index (κ2) is 5.12. The number of hydrogen-bond donors (Lipinski definition) is 1. The van der Waals surface area contributed by atoms with E-state index >= 15 is 0 Å². The quantitative estimate of drug-likeness (QED) is 0.825. The van der Waals surface area contributed by atoms with E-state index in [2.05, 4.69) is 5.32 Å². The zero-order chi connectivity index (χ0) is 10.5. The van der Waals surface area contributed by atoms with Gasteiger partial charge in [0.2, 0.25) is 0 Å². The number of hydrogen-bond acceptors (Lipinski definition) is 2. The minimum absolute atomic E-state index is 0.224. The van der Waals surface area contributed by atoms with Gasteiger partial charge in [0, 0.05) is 6.04 Å². The molecule has 0 saturated carbocycles. The van der Waals surface area contributed by atoms with Crippen LogP contribution in [0.5, 0.6) is 5.75 Å². The van der Waals surface area contributed by atoms with E-state index in [1.165, 1.54) is 31.4 Å². The van der Waals surface area contributed by atoms with Crippen molar-refractivity contribution in [3.8, 4) is 5.75 Å². The van der Waals surface area contributed by atoms with Crippen LogP contribution in [-0.4, -0.2) is 19.2 Å². The monoisotopic (exact) mass is 209 g/mol.